The summed E-state index contributed by atoms with van der Waals surface area (Å²) in [6.45, 7) is 2.01. The topological polar surface area (TPSA) is 68.1 Å². The van der Waals surface area contributed by atoms with Crippen molar-refractivity contribution in [3.05, 3.63) is 83.3 Å². The van der Waals surface area contributed by atoms with E-state index in [9.17, 15) is 4.79 Å². The first-order valence-corrected chi connectivity index (χ1v) is 9.04. The number of ether oxygens (including phenoxy) is 1. The van der Waals surface area contributed by atoms with Gasteiger partial charge in [0.2, 0.25) is 0 Å². The lowest BCUT2D eigenvalue weighted by atomic mass is 10.0. The number of amides is 1. The Balaban J connectivity index is 1.81. The molecule has 140 valence electrons. The van der Waals surface area contributed by atoms with Crippen LogP contribution in [0, 0.1) is 0 Å². The van der Waals surface area contributed by atoms with Gasteiger partial charge in [-0.3, -0.25) is 4.79 Å². The number of nitrogens with one attached hydrogen (secondary N) is 1. The van der Waals surface area contributed by atoms with Gasteiger partial charge in [-0.2, -0.15) is 0 Å². The van der Waals surface area contributed by atoms with Crippen LogP contribution in [0.3, 0.4) is 0 Å². The molecule has 0 fully saturated rings. The summed E-state index contributed by atoms with van der Waals surface area (Å²) in [5.41, 5.74) is 1.53. The second-order valence-corrected chi connectivity index (χ2v) is 6.63. The monoisotopic (exact) mass is 385 g/mol. The molecule has 6 heteroatoms. The average Bonchev–Trinajstić information content (AvgIpc) is 3.21. The Bertz CT molecular complexity index is 882. The van der Waals surface area contributed by atoms with Crippen LogP contribution in [0.25, 0.3) is 0 Å². The molecule has 1 aromatic heterocycles. The highest BCUT2D eigenvalue weighted by atomic mass is 35.5. The second kappa shape index (κ2) is 8.75. The largest absolute Gasteiger partial charge is 0.495 e. The maximum absolute atomic E-state index is 13.0. The fraction of sp³-hybridized carbons (Fsp3) is 0.190. The molecule has 0 saturated heterocycles. The maximum Gasteiger partial charge on any atom is 0.287 e. The summed E-state index contributed by atoms with van der Waals surface area (Å²) in [5.74, 6) is 1.24. The van der Waals surface area contributed by atoms with Gasteiger partial charge in [0, 0.05) is 11.3 Å². The molecule has 0 spiro atoms. The minimum atomic E-state index is -0.438. The summed E-state index contributed by atoms with van der Waals surface area (Å²) in [6, 6.07) is 18.1. The van der Waals surface area contributed by atoms with Crippen LogP contribution in [0.5, 0.6) is 5.75 Å². The van der Waals surface area contributed by atoms with E-state index in [0.717, 1.165) is 11.3 Å². The number of quaternary nitrogens is 1. The summed E-state index contributed by atoms with van der Waals surface area (Å²) in [6.07, 6.45) is 1.64. The summed E-state index contributed by atoms with van der Waals surface area (Å²) < 4.78 is 10.6. The number of methoxy groups -OCH3 is 1. The van der Waals surface area contributed by atoms with E-state index in [1.807, 2.05) is 54.7 Å². The van der Waals surface area contributed by atoms with Crippen LogP contribution in [-0.4, -0.2) is 13.0 Å². The zero-order chi connectivity index (χ0) is 19.2. The van der Waals surface area contributed by atoms with Crippen molar-refractivity contribution in [1.29, 1.82) is 0 Å². The van der Waals surface area contributed by atoms with E-state index in [1.54, 1.807) is 31.6 Å². The SMILES string of the molecule is COc1ccc(NC(=O)[C@@H]([NH2+][C@@H](C)c2ccco2)c2ccccc2)cc1Cl. The van der Waals surface area contributed by atoms with Crippen LogP contribution in [0.4, 0.5) is 5.69 Å². The summed E-state index contributed by atoms with van der Waals surface area (Å²) >= 11 is 6.16. The second-order valence-electron chi connectivity index (χ2n) is 6.22. The molecule has 27 heavy (non-hydrogen) atoms. The van der Waals surface area contributed by atoms with Gasteiger partial charge < -0.3 is 19.8 Å². The Kier molecular flexibility index (Phi) is 6.16. The third kappa shape index (κ3) is 4.70. The quantitative estimate of drug-likeness (QED) is 0.647. The van der Waals surface area contributed by atoms with Gasteiger partial charge in [-0.15, -0.1) is 0 Å². The Morgan fingerprint density at radius 2 is 1.93 bits per heavy atom. The number of benzene rings is 2. The first kappa shape index (κ1) is 19.0. The molecule has 0 saturated carbocycles. The molecule has 5 nitrogen and oxygen atoms in total. The van der Waals surface area contributed by atoms with E-state index < -0.39 is 6.04 Å². The van der Waals surface area contributed by atoms with Crippen LogP contribution in [-0.2, 0) is 4.79 Å². The highest BCUT2D eigenvalue weighted by molar-refractivity contribution is 6.32. The molecule has 0 bridgehead atoms. The molecule has 0 aliphatic heterocycles. The smallest absolute Gasteiger partial charge is 0.287 e. The molecule has 3 rings (SSSR count). The van der Waals surface area contributed by atoms with Gasteiger partial charge in [-0.1, -0.05) is 41.9 Å². The van der Waals surface area contributed by atoms with Crippen molar-refractivity contribution >= 4 is 23.2 Å². The molecule has 0 radical (unpaired) electrons. The Hall–Kier alpha value is -2.76. The molecule has 2 atom stereocenters. The molecule has 3 N–H and O–H groups in total. The highest BCUT2D eigenvalue weighted by Crippen LogP contribution is 2.27. The fourth-order valence-corrected chi connectivity index (χ4v) is 3.17. The van der Waals surface area contributed by atoms with Crippen molar-refractivity contribution in [2.45, 2.75) is 19.0 Å². The molecule has 0 aliphatic rings. The van der Waals surface area contributed by atoms with E-state index in [4.69, 9.17) is 20.8 Å². The maximum atomic E-state index is 13.0. The van der Waals surface area contributed by atoms with Crippen LogP contribution in [0.2, 0.25) is 5.02 Å². The minimum absolute atomic E-state index is 0.0181. The Morgan fingerprint density at radius 3 is 2.56 bits per heavy atom. The van der Waals surface area contributed by atoms with Crippen LogP contribution < -0.4 is 15.4 Å². The first-order chi connectivity index (χ1) is 13.1. The molecular weight excluding hydrogens is 364 g/mol. The van der Waals surface area contributed by atoms with E-state index in [0.29, 0.717) is 16.5 Å². The third-order valence-electron chi connectivity index (χ3n) is 4.33. The molecule has 2 aromatic carbocycles. The molecule has 1 heterocycles. The average molecular weight is 386 g/mol. The van der Waals surface area contributed by atoms with Gasteiger partial charge in [0.05, 0.1) is 18.4 Å². The number of rotatable bonds is 7. The predicted molar refractivity (Wildman–Crippen MR) is 105 cm³/mol. The number of furan rings is 1. The summed E-state index contributed by atoms with van der Waals surface area (Å²) in [7, 11) is 1.55. The number of hydrogen-bond donors (Lipinski definition) is 2. The molecule has 1 amide bonds. The predicted octanol–water partition coefficient (Wildman–Crippen LogP) is 3.95. The molecular formula is C21H22ClN2O3+. The standard InChI is InChI=1S/C21H21ClN2O3/c1-14(18-9-6-12-27-18)23-20(15-7-4-3-5-8-15)21(25)24-16-10-11-19(26-2)17(22)13-16/h3-14,20,23H,1-2H3,(H,24,25)/p+1/t14-,20-/m0/s1. The Morgan fingerprint density at radius 1 is 1.15 bits per heavy atom. The Labute approximate surface area is 163 Å². The van der Waals surface area contributed by atoms with Crippen LogP contribution >= 0.6 is 11.6 Å². The molecule has 3 aromatic rings. The summed E-state index contributed by atoms with van der Waals surface area (Å²) in [4.78, 5) is 13.0. The van der Waals surface area contributed by atoms with Crippen molar-refractivity contribution in [3.8, 4) is 5.75 Å². The van der Waals surface area contributed by atoms with Crippen molar-refractivity contribution in [2.75, 3.05) is 12.4 Å². The molecule has 0 aliphatic carbocycles. The van der Waals surface area contributed by atoms with Crippen molar-refractivity contribution in [1.82, 2.24) is 0 Å². The third-order valence-corrected chi connectivity index (χ3v) is 4.63. The number of carbonyl (C=O) groups excluding carboxylic acids is 1. The van der Waals surface area contributed by atoms with Gasteiger partial charge in [0.1, 0.15) is 11.8 Å². The van der Waals surface area contributed by atoms with Crippen molar-refractivity contribution < 1.29 is 19.3 Å². The van der Waals surface area contributed by atoms with Gasteiger partial charge in [0.15, 0.2) is 11.8 Å². The van der Waals surface area contributed by atoms with Crippen molar-refractivity contribution in [2.24, 2.45) is 0 Å². The number of nitrogens with two attached hydrogens (primary N) is 1. The number of halogens is 1. The van der Waals surface area contributed by atoms with E-state index in [1.165, 1.54) is 0 Å². The van der Waals surface area contributed by atoms with E-state index in [-0.39, 0.29) is 11.9 Å². The lowest BCUT2D eigenvalue weighted by Gasteiger charge is -2.19. The summed E-state index contributed by atoms with van der Waals surface area (Å²) in [5, 5.41) is 5.37. The van der Waals surface area contributed by atoms with Gasteiger partial charge >= 0.3 is 0 Å². The molecule has 0 unspecified atom stereocenters. The number of carbonyl (C=O) groups is 1. The van der Waals surface area contributed by atoms with Crippen LogP contribution in [0.15, 0.2) is 71.3 Å². The fourth-order valence-electron chi connectivity index (χ4n) is 2.91. The highest BCUT2D eigenvalue weighted by Gasteiger charge is 2.28. The minimum Gasteiger partial charge on any atom is -0.495 e. The zero-order valence-electron chi connectivity index (χ0n) is 15.2. The van der Waals surface area contributed by atoms with Gasteiger partial charge in [-0.05, 0) is 37.3 Å². The zero-order valence-corrected chi connectivity index (χ0v) is 15.9. The first-order valence-electron chi connectivity index (χ1n) is 8.66. The normalized spacial score (nSPS) is 13.0. The number of hydrogen-bond acceptors (Lipinski definition) is 3. The number of anilines is 1. The van der Waals surface area contributed by atoms with Gasteiger partial charge in [0.25, 0.3) is 5.91 Å². The van der Waals surface area contributed by atoms with Crippen LogP contribution in [0.1, 0.15) is 30.3 Å². The van der Waals surface area contributed by atoms with Gasteiger partial charge in [-0.25, -0.2) is 0 Å². The lowest BCUT2D eigenvalue weighted by Crippen LogP contribution is -2.87. The lowest BCUT2D eigenvalue weighted by molar-refractivity contribution is -0.720. The van der Waals surface area contributed by atoms with Crippen molar-refractivity contribution in [3.63, 3.8) is 0 Å². The van der Waals surface area contributed by atoms with E-state index in [2.05, 4.69) is 5.32 Å². The van der Waals surface area contributed by atoms with E-state index >= 15 is 0 Å².